The van der Waals surface area contributed by atoms with Crippen molar-refractivity contribution < 1.29 is 18.7 Å². The van der Waals surface area contributed by atoms with Crippen molar-refractivity contribution in [1.82, 2.24) is 0 Å². The van der Waals surface area contributed by atoms with Crippen LogP contribution in [0, 0.1) is 24.6 Å². The summed E-state index contributed by atoms with van der Waals surface area (Å²) in [5, 5.41) is 0. The second-order valence-corrected chi connectivity index (χ2v) is 6.35. The van der Waals surface area contributed by atoms with Gasteiger partial charge in [0.05, 0.1) is 12.2 Å². The van der Waals surface area contributed by atoms with Gasteiger partial charge in [-0.3, -0.25) is 4.79 Å². The van der Waals surface area contributed by atoms with Crippen molar-refractivity contribution in [2.75, 3.05) is 6.61 Å². The van der Waals surface area contributed by atoms with Crippen molar-refractivity contribution in [2.24, 2.45) is 0 Å². The molecule has 1 aromatic carbocycles. The summed E-state index contributed by atoms with van der Waals surface area (Å²) in [7, 11) is 0. The summed E-state index contributed by atoms with van der Waals surface area (Å²) in [5.74, 6) is 5.59. The lowest BCUT2D eigenvalue weighted by Gasteiger charge is -2.21. The predicted molar refractivity (Wildman–Crippen MR) is 82.5 cm³/mol. The van der Waals surface area contributed by atoms with Crippen LogP contribution in [0.15, 0.2) is 6.07 Å². The van der Waals surface area contributed by atoms with E-state index in [1.165, 1.54) is 6.07 Å². The largest absolute Gasteiger partial charge is 0.490 e. The van der Waals surface area contributed by atoms with Crippen molar-refractivity contribution in [1.29, 1.82) is 0 Å². The summed E-state index contributed by atoms with van der Waals surface area (Å²) in [6.45, 7) is 8.00. The molecule has 0 spiro atoms. The molecular weight excluding hydrogens is 283 g/mol. The Morgan fingerprint density at radius 1 is 1.45 bits per heavy atom. The SMILES string of the molecule is Cc1c(C#C[C@@H](C=O)OC(C)(C)C)cc(F)c2c1CCCO2. The fraction of sp³-hybridized carbons (Fsp3) is 0.500. The number of aldehydes is 1. The zero-order valence-corrected chi connectivity index (χ0v) is 13.5. The molecular formula is C18H21FO3. The Balaban J connectivity index is 2.33. The molecule has 3 nitrogen and oxygen atoms in total. The Morgan fingerprint density at radius 2 is 2.18 bits per heavy atom. The highest BCUT2D eigenvalue weighted by Gasteiger charge is 2.20. The quantitative estimate of drug-likeness (QED) is 0.622. The van der Waals surface area contributed by atoms with Crippen LogP contribution in [-0.4, -0.2) is 24.6 Å². The van der Waals surface area contributed by atoms with E-state index in [1.54, 1.807) is 0 Å². The van der Waals surface area contributed by atoms with E-state index in [-0.39, 0.29) is 0 Å². The molecule has 1 heterocycles. The molecule has 0 bridgehead atoms. The molecule has 0 N–H and O–H groups in total. The number of hydrogen-bond acceptors (Lipinski definition) is 3. The molecule has 4 heteroatoms. The fourth-order valence-electron chi connectivity index (χ4n) is 2.41. The predicted octanol–water partition coefficient (Wildman–Crippen LogP) is 3.19. The molecule has 0 amide bonds. The maximum atomic E-state index is 14.1. The van der Waals surface area contributed by atoms with Gasteiger partial charge in [0.2, 0.25) is 0 Å². The molecule has 0 radical (unpaired) electrons. The van der Waals surface area contributed by atoms with E-state index < -0.39 is 17.5 Å². The van der Waals surface area contributed by atoms with Gasteiger partial charge in [0, 0.05) is 11.1 Å². The topological polar surface area (TPSA) is 35.5 Å². The molecule has 1 aromatic rings. The van der Waals surface area contributed by atoms with Gasteiger partial charge in [-0.05, 0) is 52.2 Å². The molecule has 22 heavy (non-hydrogen) atoms. The highest BCUT2D eigenvalue weighted by Crippen LogP contribution is 2.32. The van der Waals surface area contributed by atoms with Crippen LogP contribution in [0.2, 0.25) is 0 Å². The number of carbonyl (C=O) groups is 1. The lowest BCUT2D eigenvalue weighted by atomic mass is 9.96. The van der Waals surface area contributed by atoms with Gasteiger partial charge in [-0.1, -0.05) is 11.8 Å². The van der Waals surface area contributed by atoms with E-state index in [0.29, 0.717) is 24.2 Å². The maximum Gasteiger partial charge on any atom is 0.174 e. The molecule has 0 aromatic heterocycles. The number of rotatable bonds is 2. The number of fused-ring (bicyclic) bond motifs is 1. The van der Waals surface area contributed by atoms with Crippen LogP contribution in [0.4, 0.5) is 4.39 Å². The van der Waals surface area contributed by atoms with Crippen LogP contribution in [-0.2, 0) is 16.0 Å². The summed E-state index contributed by atoms with van der Waals surface area (Å²) in [4.78, 5) is 11.1. The number of benzene rings is 1. The molecule has 1 aliphatic rings. The Kier molecular flexibility index (Phi) is 4.87. The molecule has 0 fully saturated rings. The van der Waals surface area contributed by atoms with Gasteiger partial charge < -0.3 is 9.47 Å². The average Bonchev–Trinajstić information content (AvgIpc) is 2.47. The third-order valence-electron chi connectivity index (χ3n) is 3.39. The van der Waals surface area contributed by atoms with E-state index in [2.05, 4.69) is 11.8 Å². The van der Waals surface area contributed by atoms with Gasteiger partial charge in [0.15, 0.2) is 24.0 Å². The molecule has 118 valence electrons. The van der Waals surface area contributed by atoms with Gasteiger partial charge >= 0.3 is 0 Å². The third kappa shape index (κ3) is 3.86. The summed E-state index contributed by atoms with van der Waals surface area (Å²) >= 11 is 0. The highest BCUT2D eigenvalue weighted by molar-refractivity contribution is 5.63. The monoisotopic (exact) mass is 304 g/mol. The second kappa shape index (κ2) is 6.50. The highest BCUT2D eigenvalue weighted by atomic mass is 19.1. The van der Waals surface area contributed by atoms with Gasteiger partial charge in [0.25, 0.3) is 0 Å². The van der Waals surface area contributed by atoms with Crippen molar-refractivity contribution in [3.63, 3.8) is 0 Å². The third-order valence-corrected chi connectivity index (χ3v) is 3.39. The van der Waals surface area contributed by atoms with E-state index in [9.17, 15) is 9.18 Å². The summed E-state index contributed by atoms with van der Waals surface area (Å²) in [5.41, 5.74) is 1.88. The summed E-state index contributed by atoms with van der Waals surface area (Å²) in [6, 6.07) is 1.37. The van der Waals surface area contributed by atoms with E-state index >= 15 is 0 Å². The summed E-state index contributed by atoms with van der Waals surface area (Å²) in [6.07, 6.45) is 1.48. The molecule has 0 saturated heterocycles. The second-order valence-electron chi connectivity index (χ2n) is 6.35. The molecule has 1 aliphatic heterocycles. The van der Waals surface area contributed by atoms with E-state index in [1.807, 2.05) is 27.7 Å². The minimum absolute atomic E-state index is 0.340. The van der Waals surface area contributed by atoms with Crippen LogP contribution in [0.25, 0.3) is 0 Å². The number of hydrogen-bond donors (Lipinski definition) is 0. The van der Waals surface area contributed by atoms with Crippen LogP contribution in [0.5, 0.6) is 5.75 Å². The number of carbonyl (C=O) groups excluding carboxylic acids is 1. The van der Waals surface area contributed by atoms with Gasteiger partial charge in [-0.15, -0.1) is 0 Å². The van der Waals surface area contributed by atoms with Crippen molar-refractivity contribution >= 4 is 6.29 Å². The number of ether oxygens (including phenoxy) is 2. The van der Waals surface area contributed by atoms with Crippen molar-refractivity contribution in [3.05, 3.63) is 28.6 Å². The molecule has 0 aliphatic carbocycles. The van der Waals surface area contributed by atoms with Crippen LogP contribution < -0.4 is 4.74 Å². The standard InChI is InChI=1S/C18H21FO3/c1-12-13(7-8-14(11-20)22-18(2,3)4)10-16(19)17-15(12)6-5-9-21-17/h10-11,14H,5-6,9H2,1-4H3/t14-/m0/s1. The first-order chi connectivity index (χ1) is 10.3. The molecule has 2 rings (SSSR count). The van der Waals surface area contributed by atoms with Crippen LogP contribution in [0.1, 0.15) is 43.9 Å². The first kappa shape index (κ1) is 16.5. The first-order valence-corrected chi connectivity index (χ1v) is 7.41. The Morgan fingerprint density at radius 3 is 2.82 bits per heavy atom. The fourth-order valence-corrected chi connectivity index (χ4v) is 2.41. The normalized spacial score (nSPS) is 15.1. The van der Waals surface area contributed by atoms with Gasteiger partial charge in [-0.2, -0.15) is 0 Å². The van der Waals surface area contributed by atoms with Crippen LogP contribution in [0.3, 0.4) is 0 Å². The zero-order chi connectivity index (χ0) is 16.3. The Labute approximate surface area is 130 Å². The Hall–Kier alpha value is -1.86. The van der Waals surface area contributed by atoms with E-state index in [0.717, 1.165) is 24.0 Å². The number of halogens is 1. The molecule has 1 atom stereocenters. The zero-order valence-electron chi connectivity index (χ0n) is 13.5. The molecule has 0 saturated carbocycles. The maximum absolute atomic E-state index is 14.1. The minimum atomic E-state index is -0.824. The van der Waals surface area contributed by atoms with E-state index in [4.69, 9.17) is 9.47 Å². The van der Waals surface area contributed by atoms with Gasteiger partial charge in [-0.25, -0.2) is 4.39 Å². The smallest absolute Gasteiger partial charge is 0.174 e. The first-order valence-electron chi connectivity index (χ1n) is 7.41. The average molecular weight is 304 g/mol. The van der Waals surface area contributed by atoms with Crippen molar-refractivity contribution in [2.45, 2.75) is 52.2 Å². The van der Waals surface area contributed by atoms with Gasteiger partial charge in [0.1, 0.15) is 0 Å². The summed E-state index contributed by atoms with van der Waals surface area (Å²) < 4.78 is 25.0. The molecule has 0 unspecified atom stereocenters. The minimum Gasteiger partial charge on any atom is -0.490 e. The lowest BCUT2D eigenvalue weighted by molar-refractivity contribution is -0.122. The lowest BCUT2D eigenvalue weighted by Crippen LogP contribution is -2.27. The van der Waals surface area contributed by atoms with Crippen LogP contribution >= 0.6 is 0 Å². The Bertz CT molecular complexity index is 632. The van der Waals surface area contributed by atoms with Crippen molar-refractivity contribution in [3.8, 4) is 17.6 Å².